The minimum Gasteiger partial charge on any atom is -0.459 e. The molecular weight excluding hydrogens is 490 g/mol. The second-order valence-electron chi connectivity index (χ2n) is 14.9. The van der Waals surface area contributed by atoms with Crippen LogP contribution in [0.5, 0.6) is 0 Å². The van der Waals surface area contributed by atoms with Crippen molar-refractivity contribution in [3.05, 3.63) is 23.8 Å². The van der Waals surface area contributed by atoms with Crippen molar-refractivity contribution >= 4 is 5.97 Å². The molecule has 0 aromatic rings. The summed E-state index contributed by atoms with van der Waals surface area (Å²) in [6.45, 7) is 8.00. The molecule has 3 heteroatoms. The average molecular weight is 552 g/mol. The van der Waals surface area contributed by atoms with Crippen LogP contribution in [0.15, 0.2) is 23.8 Å². The number of nitrogens with zero attached hydrogens (tertiary/aromatic N) is 1. The highest BCUT2D eigenvalue weighted by Gasteiger charge is 2.38. The Balaban J connectivity index is 1.23. The van der Waals surface area contributed by atoms with Crippen LogP contribution in [0.3, 0.4) is 0 Å². The maximum Gasteiger partial charge on any atom is 0.333 e. The predicted octanol–water partition coefficient (Wildman–Crippen LogP) is 9.94. The van der Waals surface area contributed by atoms with Gasteiger partial charge in [-0.3, -0.25) is 4.90 Å². The average Bonchev–Trinajstić information content (AvgIpc) is 2.99. The van der Waals surface area contributed by atoms with Crippen LogP contribution in [0.1, 0.15) is 155 Å². The van der Waals surface area contributed by atoms with E-state index in [2.05, 4.69) is 24.5 Å². The van der Waals surface area contributed by atoms with Crippen LogP contribution in [-0.2, 0) is 9.53 Å². The first-order valence-corrected chi connectivity index (χ1v) is 17.8. The van der Waals surface area contributed by atoms with E-state index >= 15 is 0 Å². The van der Waals surface area contributed by atoms with Crippen LogP contribution in [-0.4, -0.2) is 35.1 Å². The van der Waals surface area contributed by atoms with Gasteiger partial charge in [0.15, 0.2) is 0 Å². The van der Waals surface area contributed by atoms with Crippen molar-refractivity contribution in [3.63, 3.8) is 0 Å². The van der Waals surface area contributed by atoms with Gasteiger partial charge in [0.1, 0.15) is 6.10 Å². The quantitative estimate of drug-likeness (QED) is 0.171. The summed E-state index contributed by atoms with van der Waals surface area (Å²) in [6, 6.07) is 2.21. The van der Waals surface area contributed by atoms with E-state index in [1.165, 1.54) is 128 Å². The molecule has 0 aromatic heterocycles. The van der Waals surface area contributed by atoms with Gasteiger partial charge in [-0.05, 0) is 133 Å². The number of carbonyl (C=O) groups excluding carboxylic acids is 1. The molecule has 0 aliphatic heterocycles. The Hall–Kier alpha value is -1.09. The zero-order valence-corrected chi connectivity index (χ0v) is 26.2. The lowest BCUT2D eigenvalue weighted by Gasteiger charge is -2.49. The zero-order valence-electron chi connectivity index (χ0n) is 26.2. The molecule has 5 rings (SSSR count). The van der Waals surface area contributed by atoms with E-state index in [1.807, 2.05) is 5.57 Å². The topological polar surface area (TPSA) is 29.5 Å². The summed E-state index contributed by atoms with van der Waals surface area (Å²) in [7, 11) is 0. The number of allylic oxidation sites excluding steroid dienone is 2. The van der Waals surface area contributed by atoms with Crippen molar-refractivity contribution in [1.29, 1.82) is 0 Å². The van der Waals surface area contributed by atoms with E-state index in [9.17, 15) is 4.79 Å². The molecule has 0 radical (unpaired) electrons. The molecule has 0 heterocycles. The Labute approximate surface area is 247 Å². The first kappa shape index (κ1) is 30.4. The highest BCUT2D eigenvalue weighted by molar-refractivity contribution is 5.87. The smallest absolute Gasteiger partial charge is 0.333 e. The van der Waals surface area contributed by atoms with E-state index in [0.717, 1.165) is 48.6 Å². The van der Waals surface area contributed by atoms with Gasteiger partial charge in [0.2, 0.25) is 0 Å². The second-order valence-corrected chi connectivity index (χ2v) is 14.9. The number of carbonyl (C=O) groups is 1. The minimum absolute atomic E-state index is 0.0903. The third-order valence-corrected chi connectivity index (χ3v) is 11.8. The highest BCUT2D eigenvalue weighted by atomic mass is 16.5. The van der Waals surface area contributed by atoms with Crippen LogP contribution in [0.4, 0.5) is 0 Å². The lowest BCUT2D eigenvalue weighted by Crippen LogP contribution is -2.53. The predicted molar refractivity (Wildman–Crippen MR) is 167 cm³/mol. The maximum atomic E-state index is 12.1. The number of ether oxygens (including phenoxy) is 1. The van der Waals surface area contributed by atoms with E-state index in [-0.39, 0.29) is 12.1 Å². The van der Waals surface area contributed by atoms with Crippen molar-refractivity contribution in [1.82, 2.24) is 4.90 Å². The maximum absolute atomic E-state index is 12.1. The van der Waals surface area contributed by atoms with Crippen molar-refractivity contribution in [2.24, 2.45) is 23.7 Å². The van der Waals surface area contributed by atoms with Crippen molar-refractivity contribution in [2.45, 2.75) is 179 Å². The highest BCUT2D eigenvalue weighted by Crippen LogP contribution is 2.43. The van der Waals surface area contributed by atoms with Crippen molar-refractivity contribution < 1.29 is 9.53 Å². The van der Waals surface area contributed by atoms with Gasteiger partial charge in [-0.1, -0.05) is 63.7 Å². The van der Waals surface area contributed by atoms with Crippen molar-refractivity contribution in [2.75, 3.05) is 0 Å². The Morgan fingerprint density at radius 2 is 1.10 bits per heavy atom. The molecule has 3 nitrogen and oxygen atoms in total. The molecule has 5 saturated carbocycles. The van der Waals surface area contributed by atoms with E-state index in [4.69, 9.17) is 4.74 Å². The molecular formula is C37H61NO2. The van der Waals surface area contributed by atoms with Gasteiger partial charge < -0.3 is 4.74 Å². The summed E-state index contributed by atoms with van der Waals surface area (Å²) >= 11 is 0. The second kappa shape index (κ2) is 14.9. The number of hydrogen-bond donors (Lipinski definition) is 0. The van der Waals surface area contributed by atoms with Crippen LogP contribution in [0, 0.1) is 23.7 Å². The Kier molecular flexibility index (Phi) is 11.3. The van der Waals surface area contributed by atoms with Crippen molar-refractivity contribution in [3.8, 4) is 0 Å². The molecule has 5 aliphatic carbocycles. The van der Waals surface area contributed by atoms with Gasteiger partial charge in [-0.15, -0.1) is 0 Å². The van der Waals surface area contributed by atoms with Crippen LogP contribution in [0.2, 0.25) is 0 Å². The number of esters is 1. The fourth-order valence-corrected chi connectivity index (χ4v) is 9.46. The van der Waals surface area contributed by atoms with Crippen LogP contribution < -0.4 is 0 Å². The molecule has 0 atom stereocenters. The molecule has 0 N–H and O–H groups in total. The molecule has 5 fully saturated rings. The SMILES string of the molecule is C=C(C)C(=O)OC1CCC(N(C2CCC(C)CC2)C2CCC(C=C(C3CCCCC3)C3CCCCC3)CC2)CC1. The van der Waals surface area contributed by atoms with E-state index in [0.29, 0.717) is 11.6 Å². The number of hydrogen-bond acceptors (Lipinski definition) is 3. The fraction of sp³-hybridized carbons (Fsp3) is 0.865. The molecule has 40 heavy (non-hydrogen) atoms. The fourth-order valence-electron chi connectivity index (χ4n) is 9.46. The molecule has 5 aliphatic rings. The van der Waals surface area contributed by atoms with Gasteiger partial charge in [0.05, 0.1) is 0 Å². The lowest BCUT2D eigenvalue weighted by molar-refractivity contribution is -0.146. The Morgan fingerprint density at radius 1 is 0.650 bits per heavy atom. The molecule has 0 amide bonds. The van der Waals surface area contributed by atoms with Crippen LogP contribution >= 0.6 is 0 Å². The van der Waals surface area contributed by atoms with Crippen LogP contribution in [0.25, 0.3) is 0 Å². The summed E-state index contributed by atoms with van der Waals surface area (Å²) < 4.78 is 5.77. The summed E-state index contributed by atoms with van der Waals surface area (Å²) in [5.74, 6) is 3.33. The molecule has 0 saturated heterocycles. The molecule has 0 unspecified atom stereocenters. The molecule has 0 aromatic carbocycles. The monoisotopic (exact) mass is 551 g/mol. The zero-order chi connectivity index (χ0) is 27.9. The molecule has 0 bridgehead atoms. The normalized spacial score (nSPS) is 34.8. The molecule has 0 spiro atoms. The Morgan fingerprint density at radius 3 is 1.57 bits per heavy atom. The van der Waals surface area contributed by atoms with E-state index < -0.39 is 0 Å². The van der Waals surface area contributed by atoms with Gasteiger partial charge >= 0.3 is 5.97 Å². The van der Waals surface area contributed by atoms with E-state index in [1.54, 1.807) is 6.92 Å². The lowest BCUT2D eigenvalue weighted by atomic mass is 9.71. The summed E-state index contributed by atoms with van der Waals surface area (Å²) in [4.78, 5) is 15.2. The summed E-state index contributed by atoms with van der Waals surface area (Å²) in [5, 5.41) is 0. The summed E-state index contributed by atoms with van der Waals surface area (Å²) in [6.07, 6.45) is 33.2. The van der Waals surface area contributed by atoms with Gasteiger partial charge in [-0.2, -0.15) is 0 Å². The third-order valence-electron chi connectivity index (χ3n) is 11.8. The largest absolute Gasteiger partial charge is 0.459 e. The summed E-state index contributed by atoms with van der Waals surface area (Å²) in [5.41, 5.74) is 2.46. The minimum atomic E-state index is -0.200. The first-order valence-electron chi connectivity index (χ1n) is 17.8. The van der Waals surface area contributed by atoms with Gasteiger partial charge in [-0.25, -0.2) is 4.79 Å². The van der Waals surface area contributed by atoms with Gasteiger partial charge in [0, 0.05) is 23.7 Å². The first-order chi connectivity index (χ1) is 19.5. The standard InChI is InChI=1S/C37H61NO2/c1-27(2)37(39)40-35-24-22-34(23-25-35)38(32-18-14-28(3)15-19-32)33-20-16-29(17-21-33)26-36(30-10-6-4-7-11-30)31-12-8-5-9-13-31/h26,28-35H,1,4-25H2,2-3H3. The number of rotatable bonds is 8. The van der Waals surface area contributed by atoms with Gasteiger partial charge in [0.25, 0.3) is 0 Å². The third kappa shape index (κ3) is 8.05. The Bertz CT molecular complexity index is 806. The molecule has 226 valence electrons.